The van der Waals surface area contributed by atoms with E-state index in [2.05, 4.69) is 10.6 Å². The van der Waals surface area contributed by atoms with E-state index in [0.717, 1.165) is 10.4 Å². The predicted molar refractivity (Wildman–Crippen MR) is 77.0 cm³/mol. The number of hydrogen-bond donors (Lipinski definition) is 3. The second-order valence-electron chi connectivity index (χ2n) is 3.71. The van der Waals surface area contributed by atoms with Crippen LogP contribution in [0, 0.1) is 13.8 Å². The van der Waals surface area contributed by atoms with Crippen LogP contribution in [0.3, 0.4) is 0 Å². The summed E-state index contributed by atoms with van der Waals surface area (Å²) >= 11 is 6.37. The number of hydrogen-bond acceptors (Lipinski definition) is 4. The number of aryl methyl sites for hydroxylation is 1. The second kappa shape index (κ2) is 5.92. The first kappa shape index (κ1) is 14.6. The first-order chi connectivity index (χ1) is 8.36. The van der Waals surface area contributed by atoms with Crippen LogP contribution in [-0.2, 0) is 4.79 Å². The molecule has 7 heteroatoms. The van der Waals surface area contributed by atoms with Crippen LogP contribution in [0.5, 0.6) is 0 Å². The van der Waals surface area contributed by atoms with Crippen LogP contribution in [0.2, 0.25) is 0 Å². The minimum absolute atomic E-state index is 0.172. The topological polar surface area (TPSA) is 84.2 Å². The molecule has 18 heavy (non-hydrogen) atoms. The summed E-state index contributed by atoms with van der Waals surface area (Å²) < 4.78 is 0. The molecule has 0 atom stereocenters. The van der Waals surface area contributed by atoms with Crippen molar-refractivity contribution in [1.29, 1.82) is 0 Å². The molecule has 1 aromatic rings. The molecular formula is C11H15N3O2S2. The summed E-state index contributed by atoms with van der Waals surface area (Å²) in [6.45, 7) is 5.45. The highest BCUT2D eigenvalue weighted by Gasteiger charge is 2.18. The third-order valence-corrected chi connectivity index (χ3v) is 3.76. The average molecular weight is 285 g/mol. The maximum absolute atomic E-state index is 11.4. The Morgan fingerprint density at radius 3 is 2.50 bits per heavy atom. The minimum atomic E-state index is -0.510. The molecule has 0 aliphatic heterocycles. The van der Waals surface area contributed by atoms with E-state index >= 15 is 0 Å². The number of amides is 2. The number of carbonyl (C=O) groups excluding carboxylic acids is 2. The number of anilines is 1. The standard InChI is InChI=1S/C11H15N3O2S2/c1-4-7(15)13-11(17)14-10-8(9(12)16)5(2)6(3)18-10/h4H2,1-3H3,(H2,12,16)(H2,13,14,15,17). The summed E-state index contributed by atoms with van der Waals surface area (Å²) in [6, 6.07) is 0. The third kappa shape index (κ3) is 3.27. The van der Waals surface area contributed by atoms with Crippen molar-refractivity contribution in [3.8, 4) is 0 Å². The number of rotatable bonds is 3. The molecule has 0 saturated heterocycles. The first-order valence-corrected chi connectivity index (χ1v) is 6.59. The van der Waals surface area contributed by atoms with Gasteiger partial charge in [0.2, 0.25) is 5.91 Å². The summed E-state index contributed by atoms with van der Waals surface area (Å²) in [5, 5.41) is 6.09. The van der Waals surface area contributed by atoms with Crippen LogP contribution in [0.25, 0.3) is 0 Å². The van der Waals surface area contributed by atoms with Gasteiger partial charge in [-0.1, -0.05) is 6.92 Å². The van der Waals surface area contributed by atoms with Crippen molar-refractivity contribution in [3.63, 3.8) is 0 Å². The summed E-state index contributed by atoms with van der Waals surface area (Å²) in [5.41, 5.74) is 6.58. The number of thiocarbonyl (C=S) groups is 1. The van der Waals surface area contributed by atoms with Gasteiger partial charge in [0.05, 0.1) is 5.56 Å². The average Bonchev–Trinajstić information content (AvgIpc) is 2.53. The molecule has 0 aromatic carbocycles. The molecule has 0 aliphatic rings. The van der Waals surface area contributed by atoms with Gasteiger partial charge in [-0.05, 0) is 31.6 Å². The molecule has 98 valence electrons. The van der Waals surface area contributed by atoms with Gasteiger partial charge in [0.15, 0.2) is 5.11 Å². The molecule has 1 rings (SSSR count). The molecule has 0 saturated carbocycles. The molecule has 0 aliphatic carbocycles. The van der Waals surface area contributed by atoms with Gasteiger partial charge in [-0.25, -0.2) is 0 Å². The summed E-state index contributed by atoms with van der Waals surface area (Å²) in [4.78, 5) is 23.5. The van der Waals surface area contributed by atoms with E-state index in [1.165, 1.54) is 11.3 Å². The Labute approximate surface area is 115 Å². The lowest BCUT2D eigenvalue weighted by molar-refractivity contribution is -0.119. The van der Waals surface area contributed by atoms with Crippen molar-refractivity contribution in [3.05, 3.63) is 16.0 Å². The molecule has 0 radical (unpaired) electrons. The highest BCUT2D eigenvalue weighted by molar-refractivity contribution is 7.80. The Bertz CT molecular complexity index is 509. The van der Waals surface area contributed by atoms with Gasteiger partial charge in [-0.15, -0.1) is 11.3 Å². The molecule has 0 fully saturated rings. The van der Waals surface area contributed by atoms with Crippen LogP contribution < -0.4 is 16.4 Å². The Morgan fingerprint density at radius 2 is 2.00 bits per heavy atom. The fourth-order valence-electron chi connectivity index (χ4n) is 1.36. The molecule has 1 aromatic heterocycles. The first-order valence-electron chi connectivity index (χ1n) is 5.37. The van der Waals surface area contributed by atoms with Crippen LogP contribution in [0.1, 0.15) is 34.1 Å². The van der Waals surface area contributed by atoms with E-state index in [1.807, 2.05) is 13.8 Å². The largest absolute Gasteiger partial charge is 0.365 e. The number of carbonyl (C=O) groups is 2. The number of nitrogens with two attached hydrogens (primary N) is 1. The molecule has 5 nitrogen and oxygen atoms in total. The van der Waals surface area contributed by atoms with Gasteiger partial charge >= 0.3 is 0 Å². The third-order valence-electron chi connectivity index (χ3n) is 2.43. The summed E-state index contributed by atoms with van der Waals surface area (Å²) in [6.07, 6.45) is 0.340. The summed E-state index contributed by atoms with van der Waals surface area (Å²) in [7, 11) is 0. The van der Waals surface area contributed by atoms with E-state index in [0.29, 0.717) is 17.0 Å². The van der Waals surface area contributed by atoms with E-state index in [4.69, 9.17) is 18.0 Å². The zero-order chi connectivity index (χ0) is 13.9. The highest BCUT2D eigenvalue weighted by atomic mass is 32.1. The van der Waals surface area contributed by atoms with Gasteiger partial charge < -0.3 is 16.4 Å². The molecule has 0 unspecified atom stereocenters. The quantitative estimate of drug-likeness (QED) is 0.738. The normalized spacial score (nSPS) is 9.94. The lowest BCUT2D eigenvalue weighted by atomic mass is 10.1. The van der Waals surface area contributed by atoms with E-state index in [1.54, 1.807) is 6.92 Å². The zero-order valence-electron chi connectivity index (χ0n) is 10.4. The Morgan fingerprint density at radius 1 is 1.39 bits per heavy atom. The van der Waals surface area contributed by atoms with Crippen LogP contribution in [0.4, 0.5) is 5.00 Å². The van der Waals surface area contributed by atoms with Gasteiger partial charge in [-0.2, -0.15) is 0 Å². The van der Waals surface area contributed by atoms with Gasteiger partial charge in [0.25, 0.3) is 5.91 Å². The van der Waals surface area contributed by atoms with Crippen LogP contribution in [0.15, 0.2) is 0 Å². The fraction of sp³-hybridized carbons (Fsp3) is 0.364. The van der Waals surface area contributed by atoms with Gasteiger partial charge in [-0.3, -0.25) is 9.59 Å². The van der Waals surface area contributed by atoms with Crippen molar-refractivity contribution in [2.45, 2.75) is 27.2 Å². The molecular weight excluding hydrogens is 270 g/mol. The summed E-state index contributed by atoms with van der Waals surface area (Å²) in [5.74, 6) is -0.693. The Hall–Kier alpha value is -1.47. The van der Waals surface area contributed by atoms with Crippen molar-refractivity contribution in [1.82, 2.24) is 5.32 Å². The van der Waals surface area contributed by atoms with Crippen LogP contribution in [-0.4, -0.2) is 16.9 Å². The SMILES string of the molecule is CCC(=O)NC(=S)Nc1sc(C)c(C)c1C(N)=O. The highest BCUT2D eigenvalue weighted by Crippen LogP contribution is 2.31. The molecule has 0 spiro atoms. The van der Waals surface area contributed by atoms with Crippen molar-refractivity contribution in [2.75, 3.05) is 5.32 Å². The smallest absolute Gasteiger partial charge is 0.251 e. The van der Waals surface area contributed by atoms with E-state index in [9.17, 15) is 9.59 Å². The minimum Gasteiger partial charge on any atom is -0.365 e. The fourth-order valence-corrected chi connectivity index (χ4v) is 2.71. The van der Waals surface area contributed by atoms with E-state index < -0.39 is 5.91 Å². The number of primary amides is 1. The number of nitrogens with one attached hydrogen (secondary N) is 2. The van der Waals surface area contributed by atoms with Crippen molar-refractivity contribution >= 4 is 45.5 Å². The molecule has 1 heterocycles. The Kier molecular flexibility index (Phi) is 4.80. The molecule has 2 amide bonds. The van der Waals surface area contributed by atoms with Crippen molar-refractivity contribution in [2.24, 2.45) is 5.73 Å². The number of thiophene rings is 1. The maximum atomic E-state index is 11.4. The zero-order valence-corrected chi connectivity index (χ0v) is 12.1. The lowest BCUT2D eigenvalue weighted by Crippen LogP contribution is -2.33. The Balaban J connectivity index is 2.91. The molecule has 4 N–H and O–H groups in total. The van der Waals surface area contributed by atoms with Gasteiger partial charge in [0, 0.05) is 11.3 Å². The van der Waals surface area contributed by atoms with E-state index in [-0.39, 0.29) is 11.0 Å². The van der Waals surface area contributed by atoms with Gasteiger partial charge in [0.1, 0.15) is 5.00 Å². The maximum Gasteiger partial charge on any atom is 0.251 e. The second-order valence-corrected chi connectivity index (χ2v) is 5.34. The monoisotopic (exact) mass is 285 g/mol. The van der Waals surface area contributed by atoms with Crippen molar-refractivity contribution < 1.29 is 9.59 Å². The molecule has 0 bridgehead atoms. The van der Waals surface area contributed by atoms with Crippen LogP contribution >= 0.6 is 23.6 Å². The lowest BCUT2D eigenvalue weighted by Gasteiger charge is -2.08. The predicted octanol–water partition coefficient (Wildman–Crippen LogP) is 1.69.